The van der Waals surface area contributed by atoms with E-state index in [4.69, 9.17) is 11.6 Å². The third-order valence-electron chi connectivity index (χ3n) is 3.77. The van der Waals surface area contributed by atoms with Gasteiger partial charge in [0.15, 0.2) is 0 Å². The first-order chi connectivity index (χ1) is 11.8. The van der Waals surface area contributed by atoms with Crippen molar-refractivity contribution in [3.63, 3.8) is 0 Å². The molecule has 2 N–H and O–H groups in total. The Hall–Kier alpha value is -2.40. The number of aryl methyl sites for hydroxylation is 1. The second kappa shape index (κ2) is 8.62. The van der Waals surface area contributed by atoms with Crippen LogP contribution in [0.4, 0.5) is 4.39 Å². The topological polar surface area (TPSA) is 58.2 Å². The van der Waals surface area contributed by atoms with E-state index in [9.17, 15) is 14.0 Å². The molecule has 4 nitrogen and oxygen atoms in total. The van der Waals surface area contributed by atoms with Crippen LogP contribution in [0.5, 0.6) is 0 Å². The van der Waals surface area contributed by atoms with Gasteiger partial charge in [0, 0.05) is 18.5 Å². The van der Waals surface area contributed by atoms with Crippen LogP contribution in [0.1, 0.15) is 36.1 Å². The van der Waals surface area contributed by atoms with Gasteiger partial charge < -0.3 is 10.6 Å². The van der Waals surface area contributed by atoms with Crippen LogP contribution in [0.25, 0.3) is 0 Å². The molecule has 132 valence electrons. The molecule has 0 radical (unpaired) electrons. The molecule has 0 aromatic heterocycles. The molecule has 0 heterocycles. The number of amides is 2. The fourth-order valence-electron chi connectivity index (χ4n) is 2.40. The molecule has 0 bridgehead atoms. The first-order valence-electron chi connectivity index (χ1n) is 7.89. The third kappa shape index (κ3) is 5.87. The zero-order valence-electron chi connectivity index (χ0n) is 14.1. The lowest BCUT2D eigenvalue weighted by Crippen LogP contribution is -2.32. The van der Waals surface area contributed by atoms with Crippen LogP contribution in [-0.4, -0.2) is 11.8 Å². The van der Waals surface area contributed by atoms with Crippen LogP contribution in [0.3, 0.4) is 0 Å². The van der Waals surface area contributed by atoms with Crippen molar-refractivity contribution in [2.45, 2.75) is 32.9 Å². The summed E-state index contributed by atoms with van der Waals surface area (Å²) in [4.78, 5) is 23.6. The number of hydrogen-bond acceptors (Lipinski definition) is 2. The van der Waals surface area contributed by atoms with E-state index in [1.165, 1.54) is 13.0 Å². The quantitative estimate of drug-likeness (QED) is 0.823. The Kier molecular flexibility index (Phi) is 6.53. The Balaban J connectivity index is 1.99. The highest BCUT2D eigenvalue weighted by Gasteiger charge is 2.17. The summed E-state index contributed by atoms with van der Waals surface area (Å²) in [5, 5.41) is 6.09. The van der Waals surface area contributed by atoms with Gasteiger partial charge in [-0.3, -0.25) is 9.59 Å². The Labute approximate surface area is 151 Å². The average Bonchev–Trinajstić information content (AvgIpc) is 2.55. The highest BCUT2D eigenvalue weighted by atomic mass is 35.5. The Bertz CT molecular complexity index is 763. The number of carbonyl (C=O) groups is 2. The summed E-state index contributed by atoms with van der Waals surface area (Å²) in [5.74, 6) is -0.771. The van der Waals surface area contributed by atoms with Gasteiger partial charge in [0.1, 0.15) is 5.82 Å². The van der Waals surface area contributed by atoms with Gasteiger partial charge in [0.05, 0.1) is 12.5 Å². The van der Waals surface area contributed by atoms with Crippen LogP contribution in [-0.2, 0) is 16.1 Å². The first-order valence-corrected chi connectivity index (χ1v) is 8.27. The fourth-order valence-corrected chi connectivity index (χ4v) is 2.52. The normalized spacial score (nSPS) is 11.7. The van der Waals surface area contributed by atoms with Gasteiger partial charge >= 0.3 is 0 Å². The van der Waals surface area contributed by atoms with Gasteiger partial charge in [-0.1, -0.05) is 35.9 Å². The highest BCUT2D eigenvalue weighted by Crippen LogP contribution is 2.19. The number of hydrogen-bond donors (Lipinski definition) is 2. The molecule has 0 aliphatic rings. The largest absolute Gasteiger partial charge is 0.352 e. The predicted molar refractivity (Wildman–Crippen MR) is 95.6 cm³/mol. The molecule has 25 heavy (non-hydrogen) atoms. The minimum absolute atomic E-state index is 0.0789. The standard InChI is InChI=1S/C19H20ClFN2O2/c1-12-3-4-14(9-17(12)21)11-22-19(25)10-18(23-13(2)24)15-5-7-16(20)8-6-15/h3-9,18H,10-11H2,1-2H3,(H,22,25)(H,23,24). The van der Waals surface area contributed by atoms with Gasteiger partial charge in [-0.2, -0.15) is 0 Å². The maximum Gasteiger partial charge on any atom is 0.222 e. The molecule has 0 saturated carbocycles. The zero-order valence-corrected chi connectivity index (χ0v) is 14.9. The van der Waals surface area contributed by atoms with Crippen molar-refractivity contribution in [2.75, 3.05) is 0 Å². The molecule has 2 aromatic rings. The van der Waals surface area contributed by atoms with E-state index < -0.39 is 6.04 Å². The number of nitrogens with one attached hydrogen (secondary N) is 2. The van der Waals surface area contributed by atoms with Crippen LogP contribution < -0.4 is 10.6 Å². The number of benzene rings is 2. The van der Waals surface area contributed by atoms with E-state index >= 15 is 0 Å². The summed E-state index contributed by atoms with van der Waals surface area (Å²) in [6, 6.07) is 11.3. The number of carbonyl (C=O) groups excluding carboxylic acids is 2. The molecule has 2 rings (SSSR count). The molecule has 6 heteroatoms. The number of halogens is 2. The second-order valence-corrected chi connectivity index (χ2v) is 6.31. The number of rotatable bonds is 6. The zero-order chi connectivity index (χ0) is 18.4. The lowest BCUT2D eigenvalue weighted by molar-refractivity contribution is -0.122. The Morgan fingerprint density at radius 1 is 1.16 bits per heavy atom. The van der Waals surface area contributed by atoms with E-state index in [0.29, 0.717) is 16.1 Å². The molecule has 2 amide bonds. The monoisotopic (exact) mass is 362 g/mol. The van der Waals surface area contributed by atoms with E-state index in [0.717, 1.165) is 5.56 Å². The molecular weight excluding hydrogens is 343 g/mol. The summed E-state index contributed by atoms with van der Waals surface area (Å²) in [6.45, 7) is 3.31. The van der Waals surface area contributed by atoms with E-state index in [1.807, 2.05) is 0 Å². The average molecular weight is 363 g/mol. The Morgan fingerprint density at radius 2 is 1.84 bits per heavy atom. The van der Waals surface area contributed by atoms with Crippen molar-refractivity contribution in [3.05, 3.63) is 70.0 Å². The van der Waals surface area contributed by atoms with Crippen LogP contribution in [0.15, 0.2) is 42.5 Å². The van der Waals surface area contributed by atoms with E-state index in [1.54, 1.807) is 43.3 Å². The molecule has 0 aliphatic carbocycles. The summed E-state index contributed by atoms with van der Waals surface area (Å²) in [7, 11) is 0. The van der Waals surface area contributed by atoms with Crippen LogP contribution >= 0.6 is 11.6 Å². The van der Waals surface area contributed by atoms with Gasteiger partial charge in [0.25, 0.3) is 0 Å². The fraction of sp³-hybridized carbons (Fsp3) is 0.263. The second-order valence-electron chi connectivity index (χ2n) is 5.87. The summed E-state index contributed by atoms with van der Waals surface area (Å²) in [5.41, 5.74) is 2.03. The molecule has 1 atom stereocenters. The lowest BCUT2D eigenvalue weighted by Gasteiger charge is -2.18. The minimum Gasteiger partial charge on any atom is -0.352 e. The molecule has 0 saturated heterocycles. The molecule has 0 aliphatic heterocycles. The summed E-state index contributed by atoms with van der Waals surface area (Å²) < 4.78 is 13.5. The van der Waals surface area contributed by atoms with Crippen molar-refractivity contribution < 1.29 is 14.0 Å². The highest BCUT2D eigenvalue weighted by molar-refractivity contribution is 6.30. The third-order valence-corrected chi connectivity index (χ3v) is 4.02. The van der Waals surface area contributed by atoms with Crippen molar-refractivity contribution in [1.29, 1.82) is 0 Å². The molecule has 0 fully saturated rings. The van der Waals surface area contributed by atoms with E-state index in [2.05, 4.69) is 10.6 Å². The minimum atomic E-state index is -0.454. The summed E-state index contributed by atoms with van der Waals surface area (Å²) in [6.07, 6.45) is 0.0789. The van der Waals surface area contributed by atoms with Crippen molar-refractivity contribution in [2.24, 2.45) is 0 Å². The van der Waals surface area contributed by atoms with Gasteiger partial charge in [0.2, 0.25) is 11.8 Å². The van der Waals surface area contributed by atoms with E-state index in [-0.39, 0.29) is 30.6 Å². The molecule has 2 aromatic carbocycles. The van der Waals surface area contributed by atoms with Crippen LogP contribution in [0.2, 0.25) is 5.02 Å². The Morgan fingerprint density at radius 3 is 2.44 bits per heavy atom. The van der Waals surface area contributed by atoms with Crippen molar-refractivity contribution >= 4 is 23.4 Å². The van der Waals surface area contributed by atoms with Crippen LogP contribution in [0, 0.1) is 12.7 Å². The SMILES string of the molecule is CC(=O)NC(CC(=O)NCc1ccc(C)c(F)c1)c1ccc(Cl)cc1. The maximum absolute atomic E-state index is 13.5. The first kappa shape index (κ1) is 18.9. The van der Waals surface area contributed by atoms with Crippen molar-refractivity contribution in [3.8, 4) is 0 Å². The summed E-state index contributed by atoms with van der Waals surface area (Å²) >= 11 is 5.87. The van der Waals surface area contributed by atoms with Crippen molar-refractivity contribution in [1.82, 2.24) is 10.6 Å². The molecule has 1 unspecified atom stereocenters. The smallest absolute Gasteiger partial charge is 0.222 e. The van der Waals surface area contributed by atoms with Gasteiger partial charge in [-0.25, -0.2) is 4.39 Å². The van der Waals surface area contributed by atoms with Gasteiger partial charge in [-0.05, 0) is 41.8 Å². The molecule has 0 spiro atoms. The predicted octanol–water partition coefficient (Wildman–Crippen LogP) is 3.67. The molecular formula is C19H20ClFN2O2. The lowest BCUT2D eigenvalue weighted by atomic mass is 10.0. The maximum atomic E-state index is 13.5. The van der Waals surface area contributed by atoms with Gasteiger partial charge in [-0.15, -0.1) is 0 Å².